The van der Waals surface area contributed by atoms with Gasteiger partial charge in [-0.05, 0) is 68.7 Å². The summed E-state index contributed by atoms with van der Waals surface area (Å²) in [6.45, 7) is 7.19. The molecule has 3 amide bonds. The second kappa shape index (κ2) is 14.6. The van der Waals surface area contributed by atoms with Crippen molar-refractivity contribution < 1.29 is 38.1 Å². The third-order valence-electron chi connectivity index (χ3n) is 6.14. The summed E-state index contributed by atoms with van der Waals surface area (Å²) in [4.78, 5) is 37.1. The van der Waals surface area contributed by atoms with Crippen LogP contribution in [0.2, 0.25) is 0 Å². The molecule has 41 heavy (non-hydrogen) atoms. The average Bonchev–Trinajstić information content (AvgIpc) is 2.96. The maximum absolute atomic E-state index is 12.6. The van der Waals surface area contributed by atoms with Gasteiger partial charge in [-0.25, -0.2) is 15.0 Å². The summed E-state index contributed by atoms with van der Waals surface area (Å²) in [5.41, 5.74) is 4.35. The van der Waals surface area contributed by atoms with E-state index in [1.165, 1.54) is 13.3 Å². The smallest absolute Gasteiger partial charge is 0.338 e. The highest BCUT2D eigenvalue weighted by molar-refractivity contribution is 5.95. The van der Waals surface area contributed by atoms with Crippen molar-refractivity contribution in [1.82, 2.24) is 16.1 Å². The maximum Gasteiger partial charge on any atom is 0.338 e. The van der Waals surface area contributed by atoms with Gasteiger partial charge < -0.3 is 34.3 Å². The van der Waals surface area contributed by atoms with E-state index in [9.17, 15) is 14.4 Å². The van der Waals surface area contributed by atoms with Crippen molar-refractivity contribution in [2.75, 3.05) is 27.4 Å². The number of hydrogen-bond acceptors (Lipinski definition) is 9. The molecule has 220 valence electrons. The van der Waals surface area contributed by atoms with Crippen LogP contribution in [0.3, 0.4) is 0 Å². The van der Waals surface area contributed by atoms with Crippen molar-refractivity contribution >= 4 is 24.1 Å². The highest BCUT2D eigenvalue weighted by Gasteiger charge is 2.32. The minimum Gasteiger partial charge on any atom is -0.493 e. The number of hydrazone groups is 1. The number of hydrogen-bond donors (Lipinski definition) is 3. The molecule has 0 saturated carbocycles. The van der Waals surface area contributed by atoms with Crippen LogP contribution >= 0.6 is 0 Å². The molecule has 2 aromatic rings. The van der Waals surface area contributed by atoms with Crippen LogP contribution < -0.4 is 35.0 Å². The fourth-order valence-electron chi connectivity index (χ4n) is 3.92. The summed E-state index contributed by atoms with van der Waals surface area (Å²) in [7, 11) is 3.00. The molecule has 0 bridgehead atoms. The van der Waals surface area contributed by atoms with Crippen molar-refractivity contribution in [3.63, 3.8) is 0 Å². The first-order chi connectivity index (χ1) is 19.7. The van der Waals surface area contributed by atoms with Gasteiger partial charge in [0.05, 0.1) is 44.8 Å². The Morgan fingerprint density at radius 1 is 1.05 bits per heavy atom. The number of benzene rings is 2. The van der Waals surface area contributed by atoms with Crippen molar-refractivity contribution in [2.24, 2.45) is 5.10 Å². The number of esters is 1. The molecule has 3 N–H and O–H groups in total. The molecule has 0 saturated heterocycles. The number of urea groups is 1. The molecule has 3 rings (SSSR count). The molecule has 1 heterocycles. The van der Waals surface area contributed by atoms with Crippen molar-refractivity contribution in [2.45, 2.75) is 46.3 Å². The number of ether oxygens (including phenoxy) is 5. The molecule has 0 radical (unpaired) electrons. The number of amides is 3. The van der Waals surface area contributed by atoms with E-state index < -0.39 is 23.9 Å². The van der Waals surface area contributed by atoms with E-state index in [2.05, 4.69) is 21.2 Å². The van der Waals surface area contributed by atoms with Crippen LogP contribution in [0.15, 0.2) is 52.8 Å². The number of carbonyl (C=O) groups is 3. The Labute approximate surface area is 239 Å². The van der Waals surface area contributed by atoms with E-state index in [-0.39, 0.29) is 30.6 Å². The van der Waals surface area contributed by atoms with Crippen LogP contribution in [0.1, 0.15) is 51.3 Å². The Hall–Kier alpha value is -4.74. The lowest BCUT2D eigenvalue weighted by Gasteiger charge is -2.28. The molecule has 0 aliphatic carbocycles. The molecule has 1 aliphatic rings. The lowest BCUT2D eigenvalue weighted by atomic mass is 9.95. The van der Waals surface area contributed by atoms with Crippen molar-refractivity contribution in [3.8, 4) is 23.0 Å². The van der Waals surface area contributed by atoms with Crippen LogP contribution in [0.4, 0.5) is 4.79 Å². The summed E-state index contributed by atoms with van der Waals surface area (Å²) in [5, 5.41) is 9.30. The molecule has 0 fully saturated rings. The lowest BCUT2D eigenvalue weighted by molar-refractivity contribution is -0.139. The van der Waals surface area contributed by atoms with Gasteiger partial charge in [0.1, 0.15) is 0 Å². The Morgan fingerprint density at radius 3 is 2.44 bits per heavy atom. The van der Waals surface area contributed by atoms with E-state index >= 15 is 0 Å². The summed E-state index contributed by atoms with van der Waals surface area (Å²) in [6, 6.07) is 9.00. The summed E-state index contributed by atoms with van der Waals surface area (Å²) < 4.78 is 27.5. The van der Waals surface area contributed by atoms with Gasteiger partial charge in [-0.1, -0.05) is 13.0 Å². The predicted octanol–water partition coefficient (Wildman–Crippen LogP) is 3.60. The number of methoxy groups -OCH3 is 2. The summed E-state index contributed by atoms with van der Waals surface area (Å²) in [5.74, 6) is 0.735. The highest BCUT2D eigenvalue weighted by Crippen LogP contribution is 2.34. The van der Waals surface area contributed by atoms with Gasteiger partial charge in [-0.15, -0.1) is 0 Å². The average molecular weight is 569 g/mol. The summed E-state index contributed by atoms with van der Waals surface area (Å²) >= 11 is 0. The standard InChI is InChI=1S/C29H36N4O8/c1-7-17(3)41-22-11-9-19(13-23(22)37-5)15-30-33-25(34)16-40-21-12-10-20(14-24(21)38-6)27-26(28(35)39-8-2)18(4)31-29(36)32-27/h9-15,17,27H,7-8,16H2,1-6H3,(H,33,34)(H2,31,32,36)/b30-15-/t17-,27-/m1/s1. The monoisotopic (exact) mass is 568 g/mol. The lowest BCUT2D eigenvalue weighted by Crippen LogP contribution is -2.45. The number of nitrogens with zero attached hydrogens (tertiary/aromatic N) is 1. The van der Waals surface area contributed by atoms with Gasteiger partial charge in [0.15, 0.2) is 29.6 Å². The molecule has 0 aromatic heterocycles. The maximum atomic E-state index is 12.6. The van der Waals surface area contributed by atoms with Crippen LogP contribution in [-0.2, 0) is 14.3 Å². The third-order valence-corrected chi connectivity index (χ3v) is 6.14. The fraction of sp³-hybridized carbons (Fsp3) is 0.379. The largest absolute Gasteiger partial charge is 0.493 e. The molecule has 12 heteroatoms. The zero-order valence-electron chi connectivity index (χ0n) is 24.0. The van der Waals surface area contributed by atoms with Crippen LogP contribution in [-0.4, -0.2) is 57.7 Å². The quantitative estimate of drug-likeness (QED) is 0.189. The first kappa shape index (κ1) is 30.8. The second-order valence-electron chi connectivity index (χ2n) is 9.03. The first-order valence-electron chi connectivity index (χ1n) is 13.1. The molecule has 12 nitrogen and oxygen atoms in total. The zero-order valence-corrected chi connectivity index (χ0v) is 24.0. The molecule has 0 unspecified atom stereocenters. The topological polar surface area (TPSA) is 146 Å². The molecule has 2 aromatic carbocycles. The Balaban J connectivity index is 1.64. The number of allylic oxidation sites excluding steroid dienone is 1. The molecule has 0 spiro atoms. The van der Waals surface area contributed by atoms with Gasteiger partial charge >= 0.3 is 12.0 Å². The minimum atomic E-state index is -0.766. The predicted molar refractivity (Wildman–Crippen MR) is 151 cm³/mol. The van der Waals surface area contributed by atoms with E-state index in [0.717, 1.165) is 6.42 Å². The van der Waals surface area contributed by atoms with E-state index in [1.54, 1.807) is 57.4 Å². The van der Waals surface area contributed by atoms with E-state index in [1.807, 2.05) is 13.8 Å². The Kier molecular flexibility index (Phi) is 11.0. The Bertz CT molecular complexity index is 1320. The normalized spacial score (nSPS) is 15.5. The SMILES string of the molecule is CCOC(=O)C1=C(C)NC(=O)N[C@@H]1c1ccc(OCC(=O)N/N=C\c2ccc(O[C@H](C)CC)c(OC)c2)c(OC)c1. The van der Waals surface area contributed by atoms with Gasteiger partial charge in [0.25, 0.3) is 5.91 Å². The van der Waals surface area contributed by atoms with Crippen molar-refractivity contribution in [3.05, 3.63) is 58.8 Å². The van der Waals surface area contributed by atoms with Gasteiger partial charge in [0, 0.05) is 5.70 Å². The van der Waals surface area contributed by atoms with Crippen LogP contribution in [0.5, 0.6) is 23.0 Å². The first-order valence-corrected chi connectivity index (χ1v) is 13.1. The third kappa shape index (κ3) is 8.13. The van der Waals surface area contributed by atoms with Crippen molar-refractivity contribution in [1.29, 1.82) is 0 Å². The molecular formula is C29H36N4O8. The Morgan fingerprint density at radius 2 is 1.76 bits per heavy atom. The minimum absolute atomic E-state index is 0.0473. The molecular weight excluding hydrogens is 532 g/mol. The number of carbonyl (C=O) groups excluding carboxylic acids is 3. The molecule has 1 aliphatic heterocycles. The van der Waals surface area contributed by atoms with Crippen LogP contribution in [0.25, 0.3) is 0 Å². The van der Waals surface area contributed by atoms with Crippen LogP contribution in [0, 0.1) is 0 Å². The van der Waals surface area contributed by atoms with Gasteiger partial charge in [-0.3, -0.25) is 4.79 Å². The summed E-state index contributed by atoms with van der Waals surface area (Å²) in [6.07, 6.45) is 2.39. The van der Waals surface area contributed by atoms with E-state index in [0.29, 0.717) is 34.1 Å². The van der Waals surface area contributed by atoms with Gasteiger partial charge in [-0.2, -0.15) is 5.10 Å². The fourth-order valence-corrected chi connectivity index (χ4v) is 3.92. The second-order valence-corrected chi connectivity index (χ2v) is 9.03. The molecule has 2 atom stereocenters. The zero-order chi connectivity index (χ0) is 29.9. The number of rotatable bonds is 13. The number of nitrogens with one attached hydrogen (secondary N) is 3. The highest BCUT2D eigenvalue weighted by atomic mass is 16.5. The van der Waals surface area contributed by atoms with Gasteiger partial charge in [0.2, 0.25) is 0 Å². The van der Waals surface area contributed by atoms with E-state index in [4.69, 9.17) is 23.7 Å².